The number of hydrogen-bond donors (Lipinski definition) is 1. The second kappa shape index (κ2) is 9.62. The number of nitrogens with one attached hydrogen (secondary N) is 1. The lowest BCUT2D eigenvalue weighted by Gasteiger charge is -2.12. The summed E-state index contributed by atoms with van der Waals surface area (Å²) in [4.78, 5) is 23.4. The van der Waals surface area contributed by atoms with E-state index in [0.29, 0.717) is 26.1 Å². The zero-order chi connectivity index (χ0) is 22.5. The van der Waals surface area contributed by atoms with Gasteiger partial charge >= 0.3 is 11.7 Å². The van der Waals surface area contributed by atoms with E-state index in [1.807, 2.05) is 0 Å². The van der Waals surface area contributed by atoms with Crippen molar-refractivity contribution < 1.29 is 23.9 Å². The van der Waals surface area contributed by atoms with Gasteiger partial charge in [-0.05, 0) is 49.1 Å². The first kappa shape index (κ1) is 22.3. The minimum Gasteiger partial charge on any atom is -0.495 e. The molecule has 0 aliphatic heterocycles. The molecule has 31 heavy (non-hydrogen) atoms. The molecule has 0 unspecified atom stereocenters. The molecule has 3 aromatic rings. The smallest absolute Gasteiger partial charge is 0.338 e. The molecule has 1 heterocycles. The molecule has 2 aromatic carbocycles. The van der Waals surface area contributed by atoms with E-state index in [9.17, 15) is 14.9 Å². The van der Waals surface area contributed by atoms with E-state index in [0.717, 1.165) is 0 Å². The Kier molecular flexibility index (Phi) is 6.92. The molecular formula is C19H18N4O6S2. The molecule has 1 aromatic heterocycles. The normalized spacial score (nSPS) is 10.5. The molecule has 0 aliphatic rings. The van der Waals surface area contributed by atoms with E-state index in [1.165, 1.54) is 38.1 Å². The molecule has 0 atom stereocenters. The molecule has 10 nitrogen and oxygen atoms in total. The van der Waals surface area contributed by atoms with Crippen LogP contribution >= 0.6 is 24.0 Å². The number of H-pyrrole nitrogens is 1. The third-order valence-corrected chi connectivity index (χ3v) is 5.39. The summed E-state index contributed by atoms with van der Waals surface area (Å²) >= 11 is 6.53. The molecule has 0 saturated carbocycles. The van der Waals surface area contributed by atoms with Crippen molar-refractivity contribution in [2.24, 2.45) is 0 Å². The lowest BCUT2D eigenvalue weighted by molar-refractivity contribution is -0.385. The van der Waals surface area contributed by atoms with E-state index in [-0.39, 0.29) is 23.8 Å². The van der Waals surface area contributed by atoms with Crippen molar-refractivity contribution >= 4 is 35.6 Å². The van der Waals surface area contributed by atoms with E-state index >= 15 is 0 Å². The minimum absolute atomic E-state index is 0.0818. The van der Waals surface area contributed by atoms with Gasteiger partial charge in [0.15, 0.2) is 10.9 Å². The van der Waals surface area contributed by atoms with Gasteiger partial charge in [-0.15, -0.1) is 5.10 Å². The molecule has 0 aliphatic carbocycles. The number of benzene rings is 2. The number of methoxy groups -OCH3 is 2. The van der Waals surface area contributed by atoms with E-state index < -0.39 is 10.9 Å². The highest BCUT2D eigenvalue weighted by Gasteiger charge is 2.22. The summed E-state index contributed by atoms with van der Waals surface area (Å²) in [7, 11) is 2.76. The second-order valence-corrected chi connectivity index (χ2v) is 7.35. The summed E-state index contributed by atoms with van der Waals surface area (Å²) in [5.74, 6) is -0.0909. The largest absolute Gasteiger partial charge is 0.495 e. The predicted octanol–water partition coefficient (Wildman–Crippen LogP) is 4.18. The number of nitrogens with zero attached hydrogens (tertiary/aromatic N) is 3. The Morgan fingerprint density at radius 3 is 2.65 bits per heavy atom. The first-order valence-electron chi connectivity index (χ1n) is 8.92. The molecule has 0 bridgehead atoms. The van der Waals surface area contributed by atoms with Crippen molar-refractivity contribution in [1.29, 1.82) is 0 Å². The van der Waals surface area contributed by atoms with Crippen LogP contribution in [-0.2, 0) is 4.74 Å². The van der Waals surface area contributed by atoms with Gasteiger partial charge in [-0.1, -0.05) is 6.07 Å². The van der Waals surface area contributed by atoms with Gasteiger partial charge in [-0.3, -0.25) is 19.8 Å². The Morgan fingerprint density at radius 2 is 2.00 bits per heavy atom. The Bertz CT molecular complexity index is 1190. The molecule has 0 saturated heterocycles. The number of aromatic nitrogens is 3. The highest BCUT2D eigenvalue weighted by molar-refractivity contribution is 7.99. The van der Waals surface area contributed by atoms with Gasteiger partial charge in [-0.25, -0.2) is 4.79 Å². The molecule has 3 rings (SSSR count). The van der Waals surface area contributed by atoms with Gasteiger partial charge in [0, 0.05) is 6.07 Å². The number of carbonyl (C=O) groups excluding carboxylic acids is 1. The van der Waals surface area contributed by atoms with Crippen molar-refractivity contribution in [2.45, 2.75) is 17.0 Å². The van der Waals surface area contributed by atoms with Gasteiger partial charge < -0.3 is 14.2 Å². The fourth-order valence-electron chi connectivity index (χ4n) is 2.74. The molecule has 0 radical (unpaired) electrons. The van der Waals surface area contributed by atoms with Crippen LogP contribution in [0.25, 0.3) is 5.69 Å². The predicted molar refractivity (Wildman–Crippen MR) is 115 cm³/mol. The van der Waals surface area contributed by atoms with Crippen LogP contribution in [0.4, 0.5) is 5.69 Å². The highest BCUT2D eigenvalue weighted by Crippen LogP contribution is 2.42. The van der Waals surface area contributed by atoms with Crippen LogP contribution in [0.5, 0.6) is 11.5 Å². The Labute approximate surface area is 186 Å². The van der Waals surface area contributed by atoms with Crippen LogP contribution < -0.4 is 9.47 Å². The number of hydrogen-bond acceptors (Lipinski definition) is 9. The number of rotatable bonds is 8. The van der Waals surface area contributed by atoms with Crippen LogP contribution in [0, 0.1) is 14.9 Å². The summed E-state index contributed by atoms with van der Waals surface area (Å²) in [6.45, 7) is 1.99. The average molecular weight is 463 g/mol. The van der Waals surface area contributed by atoms with Gasteiger partial charge in [-0.2, -0.15) is 0 Å². The number of nitro benzene ring substituents is 1. The maximum absolute atomic E-state index is 12.1. The van der Waals surface area contributed by atoms with Gasteiger partial charge in [0.05, 0.1) is 48.0 Å². The third kappa shape index (κ3) is 4.70. The quantitative estimate of drug-likeness (QED) is 0.227. The van der Waals surface area contributed by atoms with Crippen molar-refractivity contribution in [3.63, 3.8) is 0 Å². The van der Waals surface area contributed by atoms with Crippen molar-refractivity contribution in [2.75, 3.05) is 20.8 Å². The molecule has 12 heteroatoms. The van der Waals surface area contributed by atoms with Gasteiger partial charge in [0.25, 0.3) is 0 Å². The molecule has 0 fully saturated rings. The first-order valence-corrected chi connectivity index (χ1v) is 10.1. The Morgan fingerprint density at radius 1 is 1.26 bits per heavy atom. The van der Waals surface area contributed by atoms with Crippen LogP contribution in [0.15, 0.2) is 46.5 Å². The van der Waals surface area contributed by atoms with Crippen molar-refractivity contribution in [3.8, 4) is 17.2 Å². The van der Waals surface area contributed by atoms with Crippen molar-refractivity contribution in [3.05, 3.63) is 56.8 Å². The fourth-order valence-corrected chi connectivity index (χ4v) is 4.02. The number of nitro groups is 1. The number of carbonyl (C=O) groups is 1. The average Bonchev–Trinajstić information content (AvgIpc) is 3.13. The highest BCUT2D eigenvalue weighted by atomic mass is 32.2. The standard InChI is InChI=1S/C19H18N4O6S2/c1-4-29-17(24)11-6-5-7-12(8-11)22-18(30)20-21-19(22)31-16-10-14(27-2)13(23(25)26)9-15(16)28-3/h5-10H,4H2,1-3H3,(H,20,30). The number of ether oxygens (including phenoxy) is 3. The zero-order valence-electron chi connectivity index (χ0n) is 16.8. The van der Waals surface area contributed by atoms with Gasteiger partial charge in [0.2, 0.25) is 4.77 Å². The zero-order valence-corrected chi connectivity index (χ0v) is 18.4. The van der Waals surface area contributed by atoms with Crippen molar-refractivity contribution in [1.82, 2.24) is 14.8 Å². The Hall–Kier alpha value is -3.38. The lowest BCUT2D eigenvalue weighted by Crippen LogP contribution is -2.06. The Balaban J connectivity index is 2.05. The molecule has 162 valence electrons. The SMILES string of the molecule is CCOC(=O)c1cccc(-n2c(Sc3cc(OC)c([N+](=O)[O-])cc3OC)n[nH]c2=S)c1. The van der Waals surface area contributed by atoms with Crippen LogP contribution in [0.3, 0.4) is 0 Å². The van der Waals surface area contributed by atoms with E-state index in [1.54, 1.807) is 35.8 Å². The second-order valence-electron chi connectivity index (χ2n) is 5.95. The minimum atomic E-state index is -0.549. The summed E-state index contributed by atoms with van der Waals surface area (Å²) in [5.41, 5.74) is 0.748. The molecular weight excluding hydrogens is 444 g/mol. The molecule has 1 N–H and O–H groups in total. The van der Waals surface area contributed by atoms with E-state index in [2.05, 4.69) is 10.2 Å². The monoisotopic (exact) mass is 462 g/mol. The van der Waals surface area contributed by atoms with Crippen LogP contribution in [0.1, 0.15) is 17.3 Å². The third-order valence-electron chi connectivity index (χ3n) is 4.12. The molecule has 0 spiro atoms. The summed E-state index contributed by atoms with van der Waals surface area (Å²) in [5, 5.41) is 18.7. The number of aromatic amines is 1. The topological polar surface area (TPSA) is 122 Å². The maximum atomic E-state index is 12.1. The van der Waals surface area contributed by atoms with Crippen LogP contribution in [-0.4, -0.2) is 46.5 Å². The van der Waals surface area contributed by atoms with E-state index in [4.69, 9.17) is 26.4 Å². The first-order chi connectivity index (χ1) is 14.9. The summed E-state index contributed by atoms with van der Waals surface area (Å²) in [6.07, 6.45) is 0. The van der Waals surface area contributed by atoms with Gasteiger partial charge in [0.1, 0.15) is 5.75 Å². The maximum Gasteiger partial charge on any atom is 0.338 e. The number of esters is 1. The fraction of sp³-hybridized carbons (Fsp3) is 0.211. The summed E-state index contributed by atoms with van der Waals surface area (Å²) < 4.78 is 17.5. The van der Waals surface area contributed by atoms with Crippen LogP contribution in [0.2, 0.25) is 0 Å². The lowest BCUT2D eigenvalue weighted by atomic mass is 10.2. The summed E-state index contributed by atoms with van der Waals surface area (Å²) in [6, 6.07) is 9.54. The molecule has 0 amide bonds.